The summed E-state index contributed by atoms with van der Waals surface area (Å²) in [5.74, 6) is -0.606. The minimum atomic E-state index is -0.679. The van der Waals surface area contributed by atoms with Crippen LogP contribution in [0.3, 0.4) is 0 Å². The lowest BCUT2D eigenvalue weighted by molar-refractivity contribution is -0.141. The molecule has 3 aromatic rings. The maximum absolute atomic E-state index is 13.6. The Morgan fingerprint density at radius 2 is 1.51 bits per heavy atom. The molecule has 0 aliphatic heterocycles. The molecule has 0 aromatic heterocycles. The van der Waals surface area contributed by atoms with Gasteiger partial charge in [0.1, 0.15) is 11.9 Å². The van der Waals surface area contributed by atoms with Crippen LogP contribution in [0.4, 0.5) is 4.39 Å². The maximum atomic E-state index is 13.6. The van der Waals surface area contributed by atoms with Crippen LogP contribution < -0.4 is 5.32 Å². The van der Waals surface area contributed by atoms with E-state index in [-0.39, 0.29) is 36.6 Å². The van der Waals surface area contributed by atoms with E-state index in [0.29, 0.717) is 12.8 Å². The van der Waals surface area contributed by atoms with Crippen molar-refractivity contribution >= 4 is 11.8 Å². The van der Waals surface area contributed by atoms with Crippen molar-refractivity contribution in [2.24, 2.45) is 0 Å². The molecule has 0 fully saturated rings. The van der Waals surface area contributed by atoms with Gasteiger partial charge in [0, 0.05) is 25.4 Å². The van der Waals surface area contributed by atoms with E-state index in [4.69, 9.17) is 0 Å². The molecule has 0 radical (unpaired) electrons. The summed E-state index contributed by atoms with van der Waals surface area (Å²) in [6.45, 7) is 6.24. The van der Waals surface area contributed by atoms with Crippen LogP contribution >= 0.6 is 0 Å². The van der Waals surface area contributed by atoms with Gasteiger partial charge in [-0.25, -0.2) is 4.39 Å². The molecule has 0 spiro atoms. The Kier molecular flexibility index (Phi) is 9.59. The Balaban J connectivity index is 1.89. The molecule has 0 heterocycles. The second-order valence-electron chi connectivity index (χ2n) is 9.16. The van der Waals surface area contributed by atoms with E-state index >= 15 is 0 Å². The summed E-state index contributed by atoms with van der Waals surface area (Å²) in [5.41, 5.74) is 4.01. The molecule has 1 N–H and O–H groups in total. The Bertz CT molecular complexity index is 1080. The van der Waals surface area contributed by atoms with Gasteiger partial charge in [0.25, 0.3) is 0 Å². The van der Waals surface area contributed by atoms with Crippen molar-refractivity contribution in [2.45, 2.75) is 65.1 Å². The third-order valence-electron chi connectivity index (χ3n) is 6.29. The zero-order valence-corrected chi connectivity index (χ0v) is 20.8. The van der Waals surface area contributed by atoms with Crippen molar-refractivity contribution < 1.29 is 14.0 Å². The van der Waals surface area contributed by atoms with Gasteiger partial charge in [-0.2, -0.15) is 0 Å². The summed E-state index contributed by atoms with van der Waals surface area (Å²) < 4.78 is 13.5. The van der Waals surface area contributed by atoms with Crippen molar-refractivity contribution in [3.63, 3.8) is 0 Å². The third kappa shape index (κ3) is 8.06. The fourth-order valence-corrected chi connectivity index (χ4v) is 3.93. The number of aryl methyl sites for hydroxylation is 2. The van der Waals surface area contributed by atoms with Gasteiger partial charge in [0.2, 0.25) is 11.8 Å². The van der Waals surface area contributed by atoms with Crippen LogP contribution in [0, 0.1) is 12.7 Å². The predicted octanol–water partition coefficient (Wildman–Crippen LogP) is 5.62. The first-order valence-electron chi connectivity index (χ1n) is 12.3. The molecule has 5 heteroatoms. The highest BCUT2D eigenvalue weighted by atomic mass is 19.1. The lowest BCUT2D eigenvalue weighted by atomic mass is 10.0. The average molecular weight is 475 g/mol. The first-order valence-corrected chi connectivity index (χ1v) is 12.3. The number of carbonyl (C=O) groups excluding carboxylic acids is 2. The zero-order chi connectivity index (χ0) is 25.2. The molecule has 0 saturated carbocycles. The number of halogens is 1. The summed E-state index contributed by atoms with van der Waals surface area (Å²) in [7, 11) is 0. The molecule has 184 valence electrons. The third-order valence-corrected chi connectivity index (χ3v) is 6.29. The number of nitrogens with one attached hydrogen (secondary N) is 1. The van der Waals surface area contributed by atoms with Crippen LogP contribution in [-0.4, -0.2) is 28.8 Å². The van der Waals surface area contributed by atoms with Crippen LogP contribution in [0.2, 0.25) is 0 Å². The number of nitrogens with zero attached hydrogens (tertiary/aromatic N) is 1. The number of hydrogen-bond acceptors (Lipinski definition) is 2. The van der Waals surface area contributed by atoms with Crippen molar-refractivity contribution in [1.82, 2.24) is 10.2 Å². The fraction of sp³-hybridized carbons (Fsp3) is 0.333. The average Bonchev–Trinajstić information content (AvgIpc) is 2.87. The van der Waals surface area contributed by atoms with Gasteiger partial charge in [-0.3, -0.25) is 9.59 Å². The molecule has 2 atom stereocenters. The highest BCUT2D eigenvalue weighted by Crippen LogP contribution is 2.18. The largest absolute Gasteiger partial charge is 0.352 e. The minimum absolute atomic E-state index is 0.00361. The molecule has 3 rings (SSSR count). The van der Waals surface area contributed by atoms with Crippen LogP contribution in [-0.2, 0) is 29.0 Å². The van der Waals surface area contributed by atoms with E-state index in [0.717, 1.165) is 23.1 Å². The van der Waals surface area contributed by atoms with Gasteiger partial charge in [-0.15, -0.1) is 0 Å². The SMILES string of the molecule is CC[C@H](C)NC(=O)[C@@H](Cc1ccccc1)N(Cc1ccc(F)cc1)C(=O)CCc1ccc(C)cc1. The monoisotopic (exact) mass is 474 g/mol. The molecular weight excluding hydrogens is 439 g/mol. The van der Waals surface area contributed by atoms with Gasteiger partial charge in [0.05, 0.1) is 0 Å². The number of carbonyl (C=O) groups is 2. The Morgan fingerprint density at radius 3 is 2.14 bits per heavy atom. The minimum Gasteiger partial charge on any atom is -0.352 e. The predicted molar refractivity (Wildman–Crippen MR) is 138 cm³/mol. The normalized spacial score (nSPS) is 12.6. The van der Waals surface area contributed by atoms with E-state index in [2.05, 4.69) is 5.32 Å². The summed E-state index contributed by atoms with van der Waals surface area (Å²) >= 11 is 0. The van der Waals surface area contributed by atoms with E-state index in [1.54, 1.807) is 17.0 Å². The highest BCUT2D eigenvalue weighted by molar-refractivity contribution is 5.88. The van der Waals surface area contributed by atoms with Gasteiger partial charge in [0.15, 0.2) is 0 Å². The standard InChI is InChI=1S/C30H35FN2O2/c1-4-23(3)32-30(35)28(20-25-8-6-5-7-9-25)33(21-26-14-17-27(31)18-15-26)29(34)19-16-24-12-10-22(2)11-13-24/h5-15,17-18,23,28H,4,16,19-21H2,1-3H3,(H,32,35)/t23-,28+/m0/s1. The summed E-state index contributed by atoms with van der Waals surface area (Å²) in [6, 6.07) is 23.3. The summed E-state index contributed by atoms with van der Waals surface area (Å²) in [6.07, 6.45) is 2.07. The van der Waals surface area contributed by atoms with Gasteiger partial charge < -0.3 is 10.2 Å². The van der Waals surface area contributed by atoms with Crippen LogP contribution in [0.25, 0.3) is 0 Å². The summed E-state index contributed by atoms with van der Waals surface area (Å²) in [5, 5.41) is 3.07. The van der Waals surface area contributed by atoms with E-state index < -0.39 is 6.04 Å². The Hall–Kier alpha value is -3.47. The number of amides is 2. The maximum Gasteiger partial charge on any atom is 0.243 e. The Morgan fingerprint density at radius 1 is 0.886 bits per heavy atom. The van der Waals surface area contributed by atoms with E-state index in [1.807, 2.05) is 75.4 Å². The van der Waals surface area contributed by atoms with Gasteiger partial charge >= 0.3 is 0 Å². The number of hydrogen-bond donors (Lipinski definition) is 1. The number of rotatable bonds is 11. The lowest BCUT2D eigenvalue weighted by Crippen LogP contribution is -2.52. The molecule has 0 aliphatic carbocycles. The van der Waals surface area contributed by atoms with Gasteiger partial charge in [-0.05, 0) is 55.5 Å². The molecule has 4 nitrogen and oxygen atoms in total. The Labute approximate surface area is 208 Å². The van der Waals surface area contributed by atoms with Gasteiger partial charge in [-0.1, -0.05) is 79.2 Å². The molecule has 0 aliphatic rings. The fourth-order valence-electron chi connectivity index (χ4n) is 3.93. The lowest BCUT2D eigenvalue weighted by Gasteiger charge is -2.32. The quantitative estimate of drug-likeness (QED) is 0.392. The molecule has 0 bridgehead atoms. The summed E-state index contributed by atoms with van der Waals surface area (Å²) in [4.78, 5) is 28.7. The van der Waals surface area contributed by atoms with Crippen molar-refractivity contribution in [1.29, 1.82) is 0 Å². The zero-order valence-electron chi connectivity index (χ0n) is 20.8. The molecule has 0 unspecified atom stereocenters. The van der Waals surface area contributed by atoms with E-state index in [9.17, 15) is 14.0 Å². The van der Waals surface area contributed by atoms with E-state index in [1.165, 1.54) is 17.7 Å². The smallest absolute Gasteiger partial charge is 0.243 e. The molecular formula is C30H35FN2O2. The first-order chi connectivity index (χ1) is 16.9. The van der Waals surface area contributed by atoms with Crippen molar-refractivity contribution in [3.05, 3.63) is 107 Å². The highest BCUT2D eigenvalue weighted by Gasteiger charge is 2.30. The molecule has 2 amide bonds. The second-order valence-corrected chi connectivity index (χ2v) is 9.16. The van der Waals surface area contributed by atoms with Crippen LogP contribution in [0.5, 0.6) is 0 Å². The first kappa shape index (κ1) is 26.1. The van der Waals surface area contributed by atoms with Crippen LogP contribution in [0.1, 0.15) is 48.9 Å². The van der Waals surface area contributed by atoms with Crippen LogP contribution in [0.15, 0.2) is 78.9 Å². The second kappa shape index (κ2) is 12.8. The molecule has 35 heavy (non-hydrogen) atoms. The van der Waals surface area contributed by atoms with Crippen molar-refractivity contribution in [3.8, 4) is 0 Å². The molecule has 0 saturated heterocycles. The van der Waals surface area contributed by atoms with Crippen molar-refractivity contribution in [2.75, 3.05) is 0 Å². The number of benzene rings is 3. The topological polar surface area (TPSA) is 49.4 Å². The molecule has 3 aromatic carbocycles.